The zero-order valence-corrected chi connectivity index (χ0v) is 13.3. The summed E-state index contributed by atoms with van der Waals surface area (Å²) in [5.74, 6) is -0.177. The molecule has 0 aromatic carbocycles. The fourth-order valence-electron chi connectivity index (χ4n) is 2.48. The lowest BCUT2D eigenvalue weighted by molar-refractivity contribution is -0.385. The summed E-state index contributed by atoms with van der Waals surface area (Å²) in [4.78, 5) is 40.0. The van der Waals surface area contributed by atoms with E-state index in [-0.39, 0.29) is 29.5 Å². The SMILES string of the molecule is Cc1[nH]nc(C(=O)Nc2ccc(N3CCNC(=O)C3)nc2)c1[N+](=O)[O-]. The summed E-state index contributed by atoms with van der Waals surface area (Å²) in [7, 11) is 0. The first-order valence-electron chi connectivity index (χ1n) is 7.44. The molecule has 1 aliphatic heterocycles. The molecular formula is C14H15N7O4. The van der Waals surface area contributed by atoms with Crippen LogP contribution in [0.5, 0.6) is 0 Å². The van der Waals surface area contributed by atoms with Gasteiger partial charge in [0.2, 0.25) is 11.6 Å². The van der Waals surface area contributed by atoms with Crippen molar-refractivity contribution in [2.45, 2.75) is 6.92 Å². The maximum atomic E-state index is 12.2. The summed E-state index contributed by atoms with van der Waals surface area (Å²) in [6, 6.07) is 3.27. The number of aromatic amines is 1. The third-order valence-corrected chi connectivity index (χ3v) is 3.68. The molecule has 130 valence electrons. The van der Waals surface area contributed by atoms with E-state index in [1.165, 1.54) is 13.1 Å². The van der Waals surface area contributed by atoms with Gasteiger partial charge in [-0.3, -0.25) is 24.8 Å². The number of nitrogens with one attached hydrogen (secondary N) is 3. The number of pyridine rings is 1. The van der Waals surface area contributed by atoms with Gasteiger partial charge >= 0.3 is 5.69 Å². The lowest BCUT2D eigenvalue weighted by Gasteiger charge is -2.27. The number of rotatable bonds is 4. The van der Waals surface area contributed by atoms with Crippen molar-refractivity contribution in [2.24, 2.45) is 0 Å². The Hall–Kier alpha value is -3.50. The van der Waals surface area contributed by atoms with Crippen molar-refractivity contribution < 1.29 is 14.5 Å². The van der Waals surface area contributed by atoms with Gasteiger partial charge in [-0.1, -0.05) is 0 Å². The maximum Gasteiger partial charge on any atom is 0.322 e. The van der Waals surface area contributed by atoms with Gasteiger partial charge in [-0.05, 0) is 19.1 Å². The highest BCUT2D eigenvalue weighted by atomic mass is 16.6. The van der Waals surface area contributed by atoms with E-state index in [1.807, 2.05) is 4.90 Å². The van der Waals surface area contributed by atoms with Crippen LogP contribution < -0.4 is 15.5 Å². The number of hydrogen-bond acceptors (Lipinski definition) is 7. The van der Waals surface area contributed by atoms with E-state index in [2.05, 4.69) is 25.8 Å². The van der Waals surface area contributed by atoms with Crippen LogP contribution in [0, 0.1) is 17.0 Å². The van der Waals surface area contributed by atoms with Crippen LogP contribution in [0.1, 0.15) is 16.2 Å². The average molecular weight is 345 g/mol. The normalized spacial score (nSPS) is 14.1. The number of nitrogens with zero attached hydrogens (tertiary/aromatic N) is 4. The molecule has 0 atom stereocenters. The van der Waals surface area contributed by atoms with E-state index in [4.69, 9.17) is 0 Å². The van der Waals surface area contributed by atoms with E-state index in [0.717, 1.165) is 0 Å². The highest BCUT2D eigenvalue weighted by Gasteiger charge is 2.27. The van der Waals surface area contributed by atoms with Crippen molar-refractivity contribution in [2.75, 3.05) is 29.9 Å². The van der Waals surface area contributed by atoms with Gasteiger partial charge in [-0.15, -0.1) is 0 Å². The zero-order chi connectivity index (χ0) is 18.0. The van der Waals surface area contributed by atoms with Crippen molar-refractivity contribution in [1.82, 2.24) is 20.5 Å². The third-order valence-electron chi connectivity index (χ3n) is 3.68. The summed E-state index contributed by atoms with van der Waals surface area (Å²) in [6.45, 7) is 2.87. The summed E-state index contributed by atoms with van der Waals surface area (Å²) < 4.78 is 0. The minimum atomic E-state index is -0.706. The molecule has 0 spiro atoms. The number of amides is 2. The first kappa shape index (κ1) is 16.4. The number of piperazine rings is 1. The molecule has 25 heavy (non-hydrogen) atoms. The Morgan fingerprint density at radius 2 is 2.24 bits per heavy atom. The molecule has 0 bridgehead atoms. The van der Waals surface area contributed by atoms with E-state index >= 15 is 0 Å². The molecule has 3 N–H and O–H groups in total. The average Bonchev–Trinajstić information content (AvgIpc) is 2.97. The second-order valence-electron chi connectivity index (χ2n) is 5.43. The Morgan fingerprint density at radius 1 is 1.44 bits per heavy atom. The fourth-order valence-corrected chi connectivity index (χ4v) is 2.48. The number of nitro groups is 1. The second kappa shape index (κ2) is 6.55. The van der Waals surface area contributed by atoms with Crippen LogP contribution in [0.15, 0.2) is 18.3 Å². The summed E-state index contributed by atoms with van der Waals surface area (Å²) in [5, 5.41) is 22.4. The zero-order valence-electron chi connectivity index (χ0n) is 13.3. The molecule has 11 nitrogen and oxygen atoms in total. The number of H-pyrrole nitrogens is 1. The predicted molar refractivity (Wildman–Crippen MR) is 87.4 cm³/mol. The quantitative estimate of drug-likeness (QED) is 0.530. The molecule has 2 aromatic rings. The molecular weight excluding hydrogens is 330 g/mol. The van der Waals surface area contributed by atoms with Crippen LogP contribution in [-0.2, 0) is 4.79 Å². The smallest absolute Gasteiger partial charge is 0.322 e. The van der Waals surface area contributed by atoms with Crippen molar-refractivity contribution >= 4 is 29.0 Å². The molecule has 0 radical (unpaired) electrons. The number of carbonyl (C=O) groups is 2. The molecule has 0 unspecified atom stereocenters. The van der Waals surface area contributed by atoms with Crippen molar-refractivity contribution in [3.63, 3.8) is 0 Å². The Bertz CT molecular complexity index is 830. The largest absolute Gasteiger partial charge is 0.353 e. The molecule has 3 rings (SSSR count). The second-order valence-corrected chi connectivity index (χ2v) is 5.43. The van der Waals surface area contributed by atoms with Gasteiger partial charge in [0.05, 0.1) is 23.4 Å². The number of anilines is 2. The van der Waals surface area contributed by atoms with Gasteiger partial charge in [0.1, 0.15) is 11.5 Å². The van der Waals surface area contributed by atoms with Crippen molar-refractivity contribution in [3.05, 3.63) is 39.8 Å². The summed E-state index contributed by atoms with van der Waals surface area (Å²) in [6.07, 6.45) is 1.42. The third kappa shape index (κ3) is 3.39. The summed E-state index contributed by atoms with van der Waals surface area (Å²) in [5.41, 5.74) is -0.0853. The number of carbonyl (C=O) groups excluding carboxylic acids is 2. The minimum absolute atomic E-state index is 0.0772. The highest BCUT2D eigenvalue weighted by Crippen LogP contribution is 2.22. The van der Waals surface area contributed by atoms with Gasteiger partial charge in [0.25, 0.3) is 5.91 Å². The van der Waals surface area contributed by atoms with Crippen molar-refractivity contribution in [3.8, 4) is 0 Å². The molecule has 0 aliphatic carbocycles. The monoisotopic (exact) mass is 345 g/mol. The topological polar surface area (TPSA) is 146 Å². The van der Waals surface area contributed by atoms with E-state index < -0.39 is 10.8 Å². The lowest BCUT2D eigenvalue weighted by Crippen LogP contribution is -2.48. The maximum absolute atomic E-state index is 12.2. The van der Waals surface area contributed by atoms with Crippen LogP contribution in [-0.4, -0.2) is 51.6 Å². The van der Waals surface area contributed by atoms with Crippen LogP contribution >= 0.6 is 0 Å². The number of aryl methyl sites for hydroxylation is 1. The molecule has 0 saturated carbocycles. The molecule has 1 aliphatic rings. The van der Waals surface area contributed by atoms with Crippen LogP contribution in [0.2, 0.25) is 0 Å². The molecule has 2 aromatic heterocycles. The van der Waals surface area contributed by atoms with Gasteiger partial charge in [0, 0.05) is 13.1 Å². The number of aromatic nitrogens is 3. The molecule has 3 heterocycles. The highest BCUT2D eigenvalue weighted by molar-refractivity contribution is 6.05. The Kier molecular flexibility index (Phi) is 4.29. The Morgan fingerprint density at radius 3 is 2.88 bits per heavy atom. The minimum Gasteiger partial charge on any atom is -0.353 e. The van der Waals surface area contributed by atoms with E-state index in [1.54, 1.807) is 12.1 Å². The fraction of sp³-hybridized carbons (Fsp3) is 0.286. The van der Waals surface area contributed by atoms with E-state index in [9.17, 15) is 19.7 Å². The van der Waals surface area contributed by atoms with Crippen LogP contribution in [0.25, 0.3) is 0 Å². The first-order chi connectivity index (χ1) is 12.0. The van der Waals surface area contributed by atoms with Gasteiger partial charge in [0.15, 0.2) is 0 Å². The Balaban J connectivity index is 1.72. The van der Waals surface area contributed by atoms with Gasteiger partial charge < -0.3 is 15.5 Å². The lowest BCUT2D eigenvalue weighted by atomic mass is 10.3. The molecule has 1 saturated heterocycles. The van der Waals surface area contributed by atoms with Crippen LogP contribution in [0.4, 0.5) is 17.2 Å². The predicted octanol–water partition coefficient (Wildman–Crippen LogP) is 0.210. The standard InChI is InChI=1S/C14H15N7O4/c1-8-13(21(24)25)12(19-18-8)14(23)17-9-2-3-10(16-6-9)20-5-4-15-11(22)7-20/h2-3,6H,4-5,7H2,1H3,(H,15,22)(H,17,23)(H,18,19). The molecule has 1 fully saturated rings. The van der Waals surface area contributed by atoms with Gasteiger partial charge in [-0.2, -0.15) is 5.10 Å². The Labute approximate surface area is 141 Å². The van der Waals surface area contributed by atoms with Crippen molar-refractivity contribution in [1.29, 1.82) is 0 Å². The first-order valence-corrected chi connectivity index (χ1v) is 7.44. The van der Waals surface area contributed by atoms with E-state index in [0.29, 0.717) is 24.6 Å². The molecule has 11 heteroatoms. The molecule has 2 amide bonds. The van der Waals surface area contributed by atoms with Gasteiger partial charge in [-0.25, -0.2) is 4.98 Å². The number of hydrogen-bond donors (Lipinski definition) is 3. The summed E-state index contributed by atoms with van der Waals surface area (Å²) >= 11 is 0. The van der Waals surface area contributed by atoms with Crippen LogP contribution in [0.3, 0.4) is 0 Å².